The first-order valence-corrected chi connectivity index (χ1v) is 11.7. The second kappa shape index (κ2) is 12.7. The van der Waals surface area contributed by atoms with Crippen LogP contribution in [-0.4, -0.2) is 47.8 Å². The maximum Gasteiger partial charge on any atom is 0.193 e. The third-order valence-electron chi connectivity index (χ3n) is 4.63. The van der Waals surface area contributed by atoms with Crippen LogP contribution in [0.1, 0.15) is 30.5 Å². The molecule has 0 aliphatic carbocycles. The summed E-state index contributed by atoms with van der Waals surface area (Å²) in [5.41, 5.74) is 1.13. The van der Waals surface area contributed by atoms with Gasteiger partial charge in [0.15, 0.2) is 5.96 Å². The number of guanidine groups is 1. The largest absolute Gasteiger partial charge is 0.357 e. The summed E-state index contributed by atoms with van der Waals surface area (Å²) >= 11 is 3.73. The normalized spacial score (nSPS) is 16.9. The van der Waals surface area contributed by atoms with Gasteiger partial charge in [-0.1, -0.05) is 18.2 Å². The average molecular weight is 531 g/mol. The Morgan fingerprint density at radius 2 is 2.18 bits per heavy atom. The Morgan fingerprint density at radius 3 is 2.89 bits per heavy atom. The van der Waals surface area contributed by atoms with Gasteiger partial charge in [-0.15, -0.1) is 47.1 Å². The highest BCUT2D eigenvalue weighted by molar-refractivity contribution is 14.0. The number of hydrogen-bond donors (Lipinski definition) is 1. The number of aliphatic imine (C=N–C) groups is 1. The molecule has 7 heteroatoms. The van der Waals surface area contributed by atoms with E-state index in [4.69, 9.17) is 4.99 Å². The van der Waals surface area contributed by atoms with Gasteiger partial charge in [0.05, 0.1) is 5.01 Å². The van der Waals surface area contributed by atoms with Crippen molar-refractivity contribution in [2.75, 3.05) is 31.9 Å². The van der Waals surface area contributed by atoms with Crippen LogP contribution in [0.2, 0.25) is 0 Å². The number of rotatable bonds is 8. The van der Waals surface area contributed by atoms with Crippen LogP contribution in [0, 0.1) is 12.8 Å². The maximum absolute atomic E-state index is 4.87. The van der Waals surface area contributed by atoms with Crippen molar-refractivity contribution in [3.05, 3.63) is 46.4 Å². The summed E-state index contributed by atoms with van der Waals surface area (Å²) in [6.07, 6.45) is 3.34. The Morgan fingerprint density at radius 1 is 1.36 bits per heavy atom. The summed E-state index contributed by atoms with van der Waals surface area (Å²) in [6.45, 7) is 8.20. The smallest absolute Gasteiger partial charge is 0.193 e. The van der Waals surface area contributed by atoms with Crippen LogP contribution >= 0.6 is 47.1 Å². The Kier molecular flexibility index (Phi) is 10.6. The Bertz CT molecular complexity index is 720. The van der Waals surface area contributed by atoms with Crippen molar-refractivity contribution in [1.82, 2.24) is 15.2 Å². The lowest BCUT2D eigenvalue weighted by Gasteiger charge is -2.21. The molecule has 3 rings (SSSR count). The lowest BCUT2D eigenvalue weighted by molar-refractivity contribution is 0.474. The minimum absolute atomic E-state index is 0. The molecule has 1 aliphatic rings. The zero-order valence-corrected chi connectivity index (χ0v) is 20.7. The maximum atomic E-state index is 4.87. The van der Waals surface area contributed by atoms with E-state index < -0.39 is 0 Å². The van der Waals surface area contributed by atoms with Crippen molar-refractivity contribution in [3.8, 4) is 0 Å². The number of aromatic nitrogens is 1. The first-order chi connectivity index (χ1) is 13.2. The van der Waals surface area contributed by atoms with Gasteiger partial charge in [-0.3, -0.25) is 4.99 Å². The first-order valence-electron chi connectivity index (χ1n) is 9.86. The quantitative estimate of drug-likeness (QED) is 0.170. The Balaban J connectivity index is 0.00000280. The molecule has 1 aromatic carbocycles. The van der Waals surface area contributed by atoms with Crippen LogP contribution < -0.4 is 5.32 Å². The molecule has 1 atom stereocenters. The lowest BCUT2D eigenvalue weighted by Crippen LogP contribution is -2.40. The molecule has 28 heavy (non-hydrogen) atoms. The number of hydrogen-bond acceptors (Lipinski definition) is 4. The van der Waals surface area contributed by atoms with Gasteiger partial charge < -0.3 is 10.2 Å². The van der Waals surface area contributed by atoms with Gasteiger partial charge in [0, 0.05) is 54.3 Å². The van der Waals surface area contributed by atoms with Gasteiger partial charge >= 0.3 is 0 Å². The van der Waals surface area contributed by atoms with Crippen LogP contribution in [0.5, 0.6) is 0 Å². The highest BCUT2D eigenvalue weighted by atomic mass is 127. The number of halogens is 1. The Labute approximate surface area is 194 Å². The van der Waals surface area contributed by atoms with E-state index in [1.807, 2.05) is 11.8 Å². The molecule has 1 unspecified atom stereocenters. The number of nitrogens with one attached hydrogen (secondary N) is 1. The van der Waals surface area contributed by atoms with Crippen molar-refractivity contribution in [2.24, 2.45) is 10.9 Å². The summed E-state index contributed by atoms with van der Waals surface area (Å²) < 4.78 is 0. The van der Waals surface area contributed by atoms with Crippen molar-refractivity contribution in [3.63, 3.8) is 0 Å². The number of likely N-dealkylation sites (tertiary alicyclic amines) is 1. The predicted molar refractivity (Wildman–Crippen MR) is 133 cm³/mol. The van der Waals surface area contributed by atoms with E-state index in [1.165, 1.54) is 22.1 Å². The summed E-state index contributed by atoms with van der Waals surface area (Å²) in [4.78, 5) is 13.2. The van der Waals surface area contributed by atoms with Crippen molar-refractivity contribution in [1.29, 1.82) is 0 Å². The van der Waals surface area contributed by atoms with E-state index in [2.05, 4.69) is 64.8 Å². The number of nitrogens with zero attached hydrogens (tertiary/aromatic N) is 3. The van der Waals surface area contributed by atoms with Crippen molar-refractivity contribution >= 4 is 53.0 Å². The monoisotopic (exact) mass is 530 g/mol. The molecule has 2 heterocycles. The minimum atomic E-state index is 0. The third-order valence-corrected chi connectivity index (χ3v) is 6.90. The van der Waals surface area contributed by atoms with E-state index >= 15 is 0 Å². The molecule has 1 N–H and O–H groups in total. The molecule has 0 radical (unpaired) electrons. The van der Waals surface area contributed by atoms with Crippen LogP contribution in [-0.2, 0) is 6.42 Å². The topological polar surface area (TPSA) is 40.5 Å². The van der Waals surface area contributed by atoms with Gasteiger partial charge in [0.2, 0.25) is 0 Å². The van der Waals surface area contributed by atoms with Crippen LogP contribution in [0.15, 0.2) is 45.6 Å². The van der Waals surface area contributed by atoms with Gasteiger partial charge in [0.1, 0.15) is 0 Å². The van der Waals surface area contributed by atoms with E-state index in [0.29, 0.717) is 0 Å². The fraction of sp³-hybridized carbons (Fsp3) is 0.524. The lowest BCUT2D eigenvalue weighted by atomic mass is 10.2. The first kappa shape index (κ1) is 23.5. The molecule has 4 nitrogen and oxygen atoms in total. The molecule has 1 fully saturated rings. The summed E-state index contributed by atoms with van der Waals surface area (Å²) in [6, 6.07) is 10.7. The molecule has 1 aliphatic heterocycles. The second-order valence-electron chi connectivity index (χ2n) is 6.95. The van der Waals surface area contributed by atoms with Crippen LogP contribution in [0.4, 0.5) is 0 Å². The number of thioether (sulfide) groups is 1. The van der Waals surface area contributed by atoms with Crippen molar-refractivity contribution in [2.45, 2.75) is 38.0 Å². The van der Waals surface area contributed by atoms with E-state index in [9.17, 15) is 0 Å². The number of aryl methyl sites for hydroxylation is 2. The average Bonchev–Trinajstić information content (AvgIpc) is 3.32. The molecular weight excluding hydrogens is 499 g/mol. The predicted octanol–water partition coefficient (Wildman–Crippen LogP) is 5.08. The highest BCUT2D eigenvalue weighted by Gasteiger charge is 2.24. The van der Waals surface area contributed by atoms with Crippen LogP contribution in [0.25, 0.3) is 0 Å². The molecular formula is C21H31IN4S2. The fourth-order valence-electron chi connectivity index (χ4n) is 3.25. The van der Waals surface area contributed by atoms with E-state index in [0.717, 1.165) is 56.6 Å². The van der Waals surface area contributed by atoms with Crippen molar-refractivity contribution < 1.29 is 0 Å². The summed E-state index contributed by atoms with van der Waals surface area (Å²) in [7, 11) is 0. The number of benzene rings is 1. The van der Waals surface area contributed by atoms with E-state index in [1.54, 1.807) is 11.3 Å². The van der Waals surface area contributed by atoms with Gasteiger partial charge in [-0.25, -0.2) is 4.98 Å². The van der Waals surface area contributed by atoms with Gasteiger partial charge in [-0.05, 0) is 44.7 Å². The second-order valence-corrected chi connectivity index (χ2v) is 8.98. The summed E-state index contributed by atoms with van der Waals surface area (Å²) in [5, 5.41) is 6.83. The molecule has 0 amide bonds. The molecule has 1 aromatic heterocycles. The highest BCUT2D eigenvalue weighted by Crippen LogP contribution is 2.25. The molecule has 0 spiro atoms. The van der Waals surface area contributed by atoms with E-state index in [-0.39, 0.29) is 24.0 Å². The molecule has 154 valence electrons. The standard InChI is InChI=1S/C21H30N4S2.HI/c1-3-22-21(23-12-7-10-20-24-17(2)15-27-20)25-13-11-18(14-25)16-26-19-8-5-4-6-9-19;/h4-6,8-9,15,18H,3,7,10-14,16H2,1-2H3,(H,22,23);1H. The molecule has 1 saturated heterocycles. The summed E-state index contributed by atoms with van der Waals surface area (Å²) in [5.74, 6) is 3.00. The molecule has 0 saturated carbocycles. The third kappa shape index (κ3) is 7.55. The van der Waals surface area contributed by atoms with Crippen LogP contribution in [0.3, 0.4) is 0 Å². The fourth-order valence-corrected chi connectivity index (χ4v) is 5.12. The SMILES string of the molecule is CCNC(=NCCCc1nc(C)cs1)N1CCC(CSc2ccccc2)C1.I. The van der Waals surface area contributed by atoms with Gasteiger partial charge in [0.25, 0.3) is 0 Å². The zero-order valence-electron chi connectivity index (χ0n) is 16.8. The zero-order chi connectivity index (χ0) is 18.9. The number of thiazole rings is 1. The minimum Gasteiger partial charge on any atom is -0.357 e. The Hall–Kier alpha value is -0.800. The van der Waals surface area contributed by atoms with Gasteiger partial charge in [-0.2, -0.15) is 0 Å². The molecule has 0 bridgehead atoms. The molecule has 2 aromatic rings.